The molecule has 0 heterocycles. The van der Waals surface area contributed by atoms with Gasteiger partial charge in [0, 0.05) is 12.6 Å². The molecule has 0 spiro atoms. The maximum Gasteiger partial charge on any atom is 0.315 e. The van der Waals surface area contributed by atoms with Crippen molar-refractivity contribution in [2.75, 3.05) is 6.54 Å². The summed E-state index contributed by atoms with van der Waals surface area (Å²) in [5, 5.41) is 14.1. The van der Waals surface area contributed by atoms with E-state index >= 15 is 0 Å². The van der Waals surface area contributed by atoms with Gasteiger partial charge >= 0.3 is 12.0 Å². The minimum atomic E-state index is -0.926. The molecule has 1 unspecified atom stereocenters. The van der Waals surface area contributed by atoms with Crippen molar-refractivity contribution in [2.45, 2.75) is 40.2 Å². The fourth-order valence-corrected chi connectivity index (χ4v) is 1.19. The third-order valence-corrected chi connectivity index (χ3v) is 2.28. The van der Waals surface area contributed by atoms with E-state index in [0.29, 0.717) is 6.54 Å². The largest absolute Gasteiger partial charge is 0.481 e. The first kappa shape index (κ1) is 15.5. The summed E-state index contributed by atoms with van der Waals surface area (Å²) in [5.74, 6) is -0.926. The first-order valence-electron chi connectivity index (χ1n) is 5.53. The van der Waals surface area contributed by atoms with Crippen LogP contribution in [0.2, 0.25) is 0 Å². The lowest BCUT2D eigenvalue weighted by Gasteiger charge is -2.30. The summed E-state index contributed by atoms with van der Waals surface area (Å²) >= 11 is 0. The van der Waals surface area contributed by atoms with E-state index in [9.17, 15) is 9.59 Å². The lowest BCUT2D eigenvalue weighted by atomic mass is 9.85. The number of nitrogens with one attached hydrogen (secondary N) is 2. The Kier molecular flexibility index (Phi) is 5.71. The molecular weight excluding hydrogens is 220 g/mol. The normalized spacial score (nSPS) is 12.7. The molecule has 17 heavy (non-hydrogen) atoms. The molecular formula is C12H22N2O3. The number of hydrogen-bond donors (Lipinski definition) is 3. The Morgan fingerprint density at radius 2 is 1.88 bits per heavy atom. The number of carbonyl (C=O) groups is 2. The molecule has 98 valence electrons. The SMILES string of the molecule is C=C(C)CNC(=O)NC(CC(=O)O)C(C)(C)C. The van der Waals surface area contributed by atoms with Crippen molar-refractivity contribution in [3.05, 3.63) is 12.2 Å². The quantitative estimate of drug-likeness (QED) is 0.643. The highest BCUT2D eigenvalue weighted by Crippen LogP contribution is 2.21. The first-order valence-corrected chi connectivity index (χ1v) is 5.53. The van der Waals surface area contributed by atoms with Crippen LogP contribution < -0.4 is 10.6 Å². The van der Waals surface area contributed by atoms with Crippen molar-refractivity contribution in [1.82, 2.24) is 10.6 Å². The molecule has 5 nitrogen and oxygen atoms in total. The van der Waals surface area contributed by atoms with E-state index in [2.05, 4.69) is 17.2 Å². The van der Waals surface area contributed by atoms with E-state index < -0.39 is 12.0 Å². The van der Waals surface area contributed by atoms with Crippen molar-refractivity contribution in [1.29, 1.82) is 0 Å². The van der Waals surface area contributed by atoms with Crippen LogP contribution in [0.5, 0.6) is 0 Å². The van der Waals surface area contributed by atoms with Gasteiger partial charge in [0.05, 0.1) is 6.42 Å². The van der Waals surface area contributed by atoms with Crippen LogP contribution in [0.3, 0.4) is 0 Å². The molecule has 0 aromatic carbocycles. The van der Waals surface area contributed by atoms with Gasteiger partial charge in [-0.25, -0.2) is 4.79 Å². The van der Waals surface area contributed by atoms with E-state index in [4.69, 9.17) is 5.11 Å². The molecule has 0 aliphatic carbocycles. The summed E-state index contributed by atoms with van der Waals surface area (Å²) in [6.45, 7) is 11.5. The van der Waals surface area contributed by atoms with Crippen LogP contribution in [0.4, 0.5) is 4.79 Å². The lowest BCUT2D eigenvalue weighted by Crippen LogP contribution is -2.49. The second-order valence-corrected chi connectivity index (χ2v) is 5.30. The third-order valence-electron chi connectivity index (χ3n) is 2.28. The van der Waals surface area contributed by atoms with E-state index in [1.807, 2.05) is 20.8 Å². The van der Waals surface area contributed by atoms with Crippen molar-refractivity contribution in [3.63, 3.8) is 0 Å². The van der Waals surface area contributed by atoms with Crippen molar-refractivity contribution in [3.8, 4) is 0 Å². The number of hydrogen-bond acceptors (Lipinski definition) is 2. The predicted octanol–water partition coefficient (Wildman–Crippen LogP) is 1.75. The molecule has 3 N–H and O–H groups in total. The van der Waals surface area contributed by atoms with Gasteiger partial charge in [0.15, 0.2) is 0 Å². The van der Waals surface area contributed by atoms with Gasteiger partial charge in [0.25, 0.3) is 0 Å². The van der Waals surface area contributed by atoms with E-state index in [0.717, 1.165) is 5.57 Å². The summed E-state index contributed by atoms with van der Waals surface area (Å²) in [7, 11) is 0. The lowest BCUT2D eigenvalue weighted by molar-refractivity contribution is -0.138. The standard InChI is InChI=1S/C12H22N2O3/c1-8(2)7-13-11(17)14-9(6-10(15)16)12(3,4)5/h9H,1,6-7H2,2-5H3,(H,15,16)(H2,13,14,17). The molecule has 0 rings (SSSR count). The van der Waals surface area contributed by atoms with Crippen molar-refractivity contribution in [2.24, 2.45) is 5.41 Å². The van der Waals surface area contributed by atoms with E-state index in [-0.39, 0.29) is 17.9 Å². The second kappa shape index (κ2) is 6.27. The Labute approximate surface area is 102 Å². The highest BCUT2D eigenvalue weighted by Gasteiger charge is 2.28. The van der Waals surface area contributed by atoms with Gasteiger partial charge in [-0.15, -0.1) is 0 Å². The Morgan fingerprint density at radius 3 is 2.24 bits per heavy atom. The van der Waals surface area contributed by atoms with Crippen LogP contribution in [-0.4, -0.2) is 29.7 Å². The number of carboxylic acids is 1. The van der Waals surface area contributed by atoms with E-state index in [1.54, 1.807) is 6.92 Å². The smallest absolute Gasteiger partial charge is 0.315 e. The van der Waals surface area contributed by atoms with Gasteiger partial charge in [-0.2, -0.15) is 0 Å². The fraction of sp³-hybridized carbons (Fsp3) is 0.667. The molecule has 0 aliphatic rings. The molecule has 5 heteroatoms. The fourth-order valence-electron chi connectivity index (χ4n) is 1.19. The van der Waals surface area contributed by atoms with Gasteiger partial charge in [-0.05, 0) is 12.3 Å². The number of aliphatic carboxylic acids is 1. The Hall–Kier alpha value is -1.52. The molecule has 0 bridgehead atoms. The van der Waals surface area contributed by atoms with Crippen LogP contribution >= 0.6 is 0 Å². The van der Waals surface area contributed by atoms with Crippen LogP contribution in [0, 0.1) is 5.41 Å². The van der Waals surface area contributed by atoms with Crippen LogP contribution in [0.1, 0.15) is 34.1 Å². The molecule has 0 aromatic rings. The van der Waals surface area contributed by atoms with Gasteiger partial charge in [0.1, 0.15) is 0 Å². The Balaban J connectivity index is 4.38. The number of amides is 2. The minimum absolute atomic E-state index is 0.0933. The molecule has 0 aromatic heterocycles. The summed E-state index contributed by atoms with van der Waals surface area (Å²) < 4.78 is 0. The minimum Gasteiger partial charge on any atom is -0.481 e. The highest BCUT2D eigenvalue weighted by molar-refractivity contribution is 5.76. The molecule has 0 fully saturated rings. The third kappa shape index (κ3) is 7.38. The second-order valence-electron chi connectivity index (χ2n) is 5.30. The van der Waals surface area contributed by atoms with Gasteiger partial charge in [0.2, 0.25) is 0 Å². The summed E-state index contributed by atoms with van der Waals surface area (Å²) in [5.41, 5.74) is 0.532. The monoisotopic (exact) mass is 242 g/mol. The summed E-state index contributed by atoms with van der Waals surface area (Å²) in [6, 6.07) is -0.778. The molecule has 0 saturated heterocycles. The summed E-state index contributed by atoms with van der Waals surface area (Å²) in [6.07, 6.45) is -0.0933. The van der Waals surface area contributed by atoms with E-state index in [1.165, 1.54) is 0 Å². The molecule has 0 saturated carbocycles. The number of rotatable bonds is 5. The van der Waals surface area contributed by atoms with Crippen LogP contribution in [-0.2, 0) is 4.79 Å². The Bertz CT molecular complexity index is 305. The number of urea groups is 1. The van der Waals surface area contributed by atoms with Crippen LogP contribution in [0.25, 0.3) is 0 Å². The van der Waals surface area contributed by atoms with Crippen LogP contribution in [0.15, 0.2) is 12.2 Å². The zero-order chi connectivity index (χ0) is 13.6. The highest BCUT2D eigenvalue weighted by atomic mass is 16.4. The zero-order valence-corrected chi connectivity index (χ0v) is 11.0. The predicted molar refractivity (Wildman–Crippen MR) is 66.8 cm³/mol. The average Bonchev–Trinajstić information content (AvgIpc) is 2.11. The van der Waals surface area contributed by atoms with Gasteiger partial charge in [-0.3, -0.25) is 4.79 Å². The summed E-state index contributed by atoms with van der Waals surface area (Å²) in [4.78, 5) is 22.2. The van der Waals surface area contributed by atoms with Crippen molar-refractivity contribution < 1.29 is 14.7 Å². The number of carbonyl (C=O) groups excluding carboxylic acids is 1. The van der Waals surface area contributed by atoms with Gasteiger partial charge < -0.3 is 15.7 Å². The van der Waals surface area contributed by atoms with Crippen molar-refractivity contribution >= 4 is 12.0 Å². The first-order chi connectivity index (χ1) is 7.62. The maximum atomic E-state index is 11.5. The Morgan fingerprint density at radius 1 is 1.35 bits per heavy atom. The molecule has 2 amide bonds. The molecule has 1 atom stereocenters. The molecule has 0 aliphatic heterocycles. The van der Waals surface area contributed by atoms with Gasteiger partial charge in [-0.1, -0.05) is 32.9 Å². The topological polar surface area (TPSA) is 78.4 Å². The maximum absolute atomic E-state index is 11.5. The molecule has 0 radical (unpaired) electrons. The number of carboxylic acid groups (broad SMARTS) is 1. The average molecular weight is 242 g/mol. The zero-order valence-electron chi connectivity index (χ0n) is 11.0.